The van der Waals surface area contributed by atoms with Gasteiger partial charge in [0, 0.05) is 43.2 Å². The first-order valence-corrected chi connectivity index (χ1v) is 12.0. The number of amidine groups is 1. The Morgan fingerprint density at radius 1 is 1.06 bits per heavy atom. The highest BCUT2D eigenvalue weighted by atomic mass is 35.5. The Balaban J connectivity index is 1.52. The number of hydrogen-bond acceptors (Lipinski definition) is 4. The number of halogens is 1. The minimum Gasteiger partial charge on any atom is -0.356 e. The van der Waals surface area contributed by atoms with E-state index in [1.807, 2.05) is 30.3 Å². The van der Waals surface area contributed by atoms with Crippen LogP contribution in [0.1, 0.15) is 24.0 Å². The minimum atomic E-state index is -0.543. The highest BCUT2D eigenvalue weighted by Gasteiger charge is 2.33. The van der Waals surface area contributed by atoms with Crippen LogP contribution in [0.4, 0.5) is 5.69 Å². The molecule has 0 saturated carbocycles. The molecule has 0 spiro atoms. The van der Waals surface area contributed by atoms with Crippen LogP contribution >= 0.6 is 11.6 Å². The number of nitrogens with zero attached hydrogens (tertiary/aromatic N) is 3. The maximum absolute atomic E-state index is 13.5. The molecule has 1 unspecified atom stereocenters. The molecule has 7 heteroatoms. The van der Waals surface area contributed by atoms with Crippen LogP contribution in [-0.2, 0) is 16.0 Å². The lowest BCUT2D eigenvalue weighted by atomic mass is 10.0. The molecule has 2 aliphatic rings. The summed E-state index contributed by atoms with van der Waals surface area (Å²) in [7, 11) is 1.81. The van der Waals surface area contributed by atoms with Gasteiger partial charge >= 0.3 is 0 Å². The van der Waals surface area contributed by atoms with E-state index >= 15 is 0 Å². The van der Waals surface area contributed by atoms with Crippen LogP contribution in [0.15, 0.2) is 65.7 Å². The van der Waals surface area contributed by atoms with Crippen molar-refractivity contribution in [1.82, 2.24) is 10.2 Å². The Morgan fingerprint density at radius 2 is 1.82 bits per heavy atom. The van der Waals surface area contributed by atoms with Gasteiger partial charge in [0.25, 0.3) is 5.91 Å². The first kappa shape index (κ1) is 22.4. The van der Waals surface area contributed by atoms with Crippen LogP contribution in [0.25, 0.3) is 10.8 Å². The van der Waals surface area contributed by atoms with Crippen molar-refractivity contribution in [3.05, 3.63) is 76.8 Å². The summed E-state index contributed by atoms with van der Waals surface area (Å²) in [6, 6.07) is 19.8. The molecular formula is C27H27ClN4O2. The van der Waals surface area contributed by atoms with E-state index < -0.39 is 6.04 Å². The van der Waals surface area contributed by atoms with E-state index in [2.05, 4.69) is 40.5 Å². The third-order valence-electron chi connectivity index (χ3n) is 6.80. The molecule has 1 saturated heterocycles. The molecule has 2 aliphatic heterocycles. The molecule has 3 aromatic carbocycles. The topological polar surface area (TPSA) is 65.0 Å². The third kappa shape index (κ3) is 4.38. The SMILES string of the molecule is CN1C(=O)C(Cc2ccc3ccccc3c2)N=C(N2CCC(NC=O)CC2)c2cc(Cl)ccc21. The number of benzene rings is 3. The lowest BCUT2D eigenvalue weighted by Gasteiger charge is -2.34. The molecule has 1 atom stereocenters. The second kappa shape index (κ2) is 9.47. The smallest absolute Gasteiger partial charge is 0.251 e. The van der Waals surface area contributed by atoms with Crippen LogP contribution < -0.4 is 10.2 Å². The van der Waals surface area contributed by atoms with Gasteiger partial charge in [-0.15, -0.1) is 0 Å². The predicted octanol–water partition coefficient (Wildman–Crippen LogP) is 4.04. The summed E-state index contributed by atoms with van der Waals surface area (Å²) >= 11 is 6.38. The van der Waals surface area contributed by atoms with E-state index in [4.69, 9.17) is 16.6 Å². The fourth-order valence-corrected chi connectivity index (χ4v) is 5.09. The quantitative estimate of drug-likeness (QED) is 0.580. The van der Waals surface area contributed by atoms with Crippen molar-refractivity contribution >= 4 is 46.2 Å². The summed E-state index contributed by atoms with van der Waals surface area (Å²) < 4.78 is 0. The second-order valence-electron chi connectivity index (χ2n) is 8.96. The average molecular weight is 475 g/mol. The lowest BCUT2D eigenvalue weighted by molar-refractivity contribution is -0.119. The van der Waals surface area contributed by atoms with E-state index in [1.54, 1.807) is 11.9 Å². The number of aliphatic imine (C=N–C) groups is 1. The molecule has 1 N–H and O–H groups in total. The molecule has 2 amide bonds. The fourth-order valence-electron chi connectivity index (χ4n) is 4.92. The number of fused-ring (bicyclic) bond motifs is 2. The van der Waals surface area contributed by atoms with E-state index in [9.17, 15) is 9.59 Å². The summed E-state index contributed by atoms with van der Waals surface area (Å²) in [6.07, 6.45) is 2.94. The molecule has 6 nitrogen and oxygen atoms in total. The van der Waals surface area contributed by atoms with Crippen LogP contribution in [-0.4, -0.2) is 55.3 Å². The minimum absolute atomic E-state index is 0.0377. The largest absolute Gasteiger partial charge is 0.356 e. The van der Waals surface area contributed by atoms with Crippen molar-refractivity contribution in [3.63, 3.8) is 0 Å². The van der Waals surface area contributed by atoms with Crippen molar-refractivity contribution in [2.75, 3.05) is 25.0 Å². The summed E-state index contributed by atoms with van der Waals surface area (Å²) in [6.45, 7) is 1.49. The number of carbonyl (C=O) groups is 2. The predicted molar refractivity (Wildman–Crippen MR) is 137 cm³/mol. The number of benzodiazepines with no additional fused rings is 1. The first-order chi connectivity index (χ1) is 16.5. The summed E-state index contributed by atoms with van der Waals surface area (Å²) in [5, 5.41) is 5.82. The summed E-state index contributed by atoms with van der Waals surface area (Å²) in [4.78, 5) is 33.4. The van der Waals surface area contributed by atoms with Crippen molar-refractivity contribution < 1.29 is 9.59 Å². The molecule has 174 valence electrons. The Kier molecular flexibility index (Phi) is 6.24. The van der Waals surface area contributed by atoms with Crippen LogP contribution in [0, 0.1) is 0 Å². The molecular weight excluding hydrogens is 448 g/mol. The number of piperidine rings is 1. The van der Waals surface area contributed by atoms with Gasteiger partial charge in [0.15, 0.2) is 0 Å². The number of anilines is 1. The number of likely N-dealkylation sites (tertiary alicyclic amines) is 1. The third-order valence-corrected chi connectivity index (χ3v) is 7.03. The van der Waals surface area contributed by atoms with Crippen molar-refractivity contribution in [3.8, 4) is 0 Å². The van der Waals surface area contributed by atoms with Gasteiger partial charge in [-0.05, 0) is 47.4 Å². The molecule has 0 bridgehead atoms. The second-order valence-corrected chi connectivity index (χ2v) is 9.40. The van der Waals surface area contributed by atoms with Gasteiger partial charge in [-0.1, -0.05) is 54.1 Å². The highest BCUT2D eigenvalue weighted by Crippen LogP contribution is 2.31. The van der Waals surface area contributed by atoms with Gasteiger partial charge < -0.3 is 15.1 Å². The average Bonchev–Trinajstić information content (AvgIpc) is 2.95. The zero-order valence-electron chi connectivity index (χ0n) is 19.1. The van der Waals surface area contributed by atoms with Crippen LogP contribution in [0.5, 0.6) is 0 Å². The van der Waals surface area contributed by atoms with Crippen LogP contribution in [0.2, 0.25) is 5.02 Å². The normalized spacial score (nSPS) is 18.9. The number of carbonyl (C=O) groups excluding carboxylic acids is 2. The molecule has 3 aromatic rings. The molecule has 2 heterocycles. The van der Waals surface area contributed by atoms with E-state index in [-0.39, 0.29) is 11.9 Å². The van der Waals surface area contributed by atoms with Gasteiger partial charge in [-0.2, -0.15) is 0 Å². The van der Waals surface area contributed by atoms with E-state index in [1.165, 1.54) is 5.39 Å². The number of hydrogen-bond donors (Lipinski definition) is 1. The maximum Gasteiger partial charge on any atom is 0.251 e. The van der Waals surface area contributed by atoms with E-state index in [0.29, 0.717) is 11.4 Å². The molecule has 1 fully saturated rings. The monoisotopic (exact) mass is 474 g/mol. The van der Waals surface area contributed by atoms with Gasteiger partial charge in [0.2, 0.25) is 6.41 Å². The number of rotatable bonds is 4. The van der Waals surface area contributed by atoms with Crippen LogP contribution in [0.3, 0.4) is 0 Å². The van der Waals surface area contributed by atoms with Gasteiger partial charge in [0.1, 0.15) is 11.9 Å². The number of nitrogens with one attached hydrogen (secondary N) is 1. The van der Waals surface area contributed by atoms with Gasteiger partial charge in [0.05, 0.1) is 5.69 Å². The maximum atomic E-state index is 13.5. The lowest BCUT2D eigenvalue weighted by Crippen LogP contribution is -2.45. The molecule has 0 aliphatic carbocycles. The standard InChI is InChI=1S/C27H27ClN4O2/c1-31-25-9-8-21(28)16-23(25)26(32-12-10-22(11-13-32)29-17-33)30-24(27(31)34)15-18-6-7-19-4-2-3-5-20(19)14-18/h2-9,14,16-17,22,24H,10-13,15H2,1H3,(H,29,33). The first-order valence-electron chi connectivity index (χ1n) is 11.6. The Bertz CT molecular complexity index is 1270. The summed E-state index contributed by atoms with van der Waals surface area (Å²) in [5.74, 6) is 0.759. The fraction of sp³-hybridized carbons (Fsp3) is 0.296. The van der Waals surface area contributed by atoms with Gasteiger partial charge in [-0.25, -0.2) is 0 Å². The Hall–Kier alpha value is -3.38. The molecule has 5 rings (SSSR count). The van der Waals surface area contributed by atoms with E-state index in [0.717, 1.165) is 60.4 Å². The Labute approximate surface area is 204 Å². The van der Waals surface area contributed by atoms with Gasteiger partial charge in [-0.3, -0.25) is 14.6 Å². The molecule has 0 aromatic heterocycles. The Morgan fingerprint density at radius 3 is 2.59 bits per heavy atom. The molecule has 0 radical (unpaired) electrons. The van der Waals surface area contributed by atoms with Crippen molar-refractivity contribution in [2.45, 2.75) is 31.3 Å². The summed E-state index contributed by atoms with van der Waals surface area (Å²) in [5.41, 5.74) is 2.75. The van der Waals surface area contributed by atoms with Crippen molar-refractivity contribution in [2.24, 2.45) is 4.99 Å². The number of amides is 2. The zero-order valence-corrected chi connectivity index (χ0v) is 19.8. The zero-order chi connectivity index (χ0) is 23.7. The van der Waals surface area contributed by atoms with Crippen molar-refractivity contribution in [1.29, 1.82) is 0 Å². The highest BCUT2D eigenvalue weighted by molar-refractivity contribution is 6.31. The number of likely N-dealkylation sites (N-methyl/N-ethyl adjacent to an activating group) is 1. The molecule has 34 heavy (non-hydrogen) atoms.